The third-order valence-electron chi connectivity index (χ3n) is 4.77. The van der Waals surface area contributed by atoms with Crippen molar-refractivity contribution < 1.29 is 0 Å². The summed E-state index contributed by atoms with van der Waals surface area (Å²) >= 11 is 0. The lowest BCUT2D eigenvalue weighted by atomic mass is 9.83. The number of hydrogen-bond donors (Lipinski definition) is 1. The van der Waals surface area contributed by atoms with E-state index >= 15 is 0 Å². The van der Waals surface area contributed by atoms with Crippen molar-refractivity contribution in [1.29, 1.82) is 0 Å². The minimum Gasteiger partial charge on any atom is -0.330 e. The Morgan fingerprint density at radius 2 is 1.83 bits per heavy atom. The smallest absolute Gasteiger partial charge is 0.00380 e. The van der Waals surface area contributed by atoms with Crippen LogP contribution >= 0.6 is 0 Å². The Balaban J connectivity index is 2.76. The molecule has 0 bridgehead atoms. The molecule has 0 aromatic heterocycles. The molecule has 0 spiro atoms. The van der Waals surface area contributed by atoms with Crippen LogP contribution in [0.4, 0.5) is 0 Å². The summed E-state index contributed by atoms with van der Waals surface area (Å²) in [7, 11) is 0. The van der Waals surface area contributed by atoms with E-state index in [1.165, 1.54) is 6.42 Å². The molecule has 72 valence electrons. The molecule has 1 fully saturated rings. The Morgan fingerprint density at radius 1 is 1.33 bits per heavy atom. The van der Waals surface area contributed by atoms with Crippen LogP contribution in [0.5, 0.6) is 0 Å². The molecule has 1 saturated carbocycles. The van der Waals surface area contributed by atoms with Crippen molar-refractivity contribution in [2.24, 2.45) is 28.4 Å². The van der Waals surface area contributed by atoms with Gasteiger partial charge in [-0.1, -0.05) is 41.0 Å². The zero-order valence-corrected chi connectivity index (χ0v) is 9.15. The van der Waals surface area contributed by atoms with E-state index in [2.05, 4.69) is 34.6 Å². The fraction of sp³-hybridized carbons (Fsp3) is 1.00. The van der Waals surface area contributed by atoms with E-state index in [0.717, 1.165) is 18.4 Å². The van der Waals surface area contributed by atoms with Crippen molar-refractivity contribution in [1.82, 2.24) is 0 Å². The third kappa shape index (κ3) is 0.953. The van der Waals surface area contributed by atoms with Crippen LogP contribution in [0.25, 0.3) is 0 Å². The molecule has 0 aliphatic heterocycles. The molecule has 2 N–H and O–H groups in total. The van der Waals surface area contributed by atoms with Gasteiger partial charge in [-0.2, -0.15) is 0 Å². The van der Waals surface area contributed by atoms with Crippen LogP contribution < -0.4 is 5.73 Å². The molecule has 3 unspecified atom stereocenters. The summed E-state index contributed by atoms with van der Waals surface area (Å²) in [5.41, 5.74) is 6.74. The van der Waals surface area contributed by atoms with Crippen LogP contribution in [0.2, 0.25) is 0 Å². The van der Waals surface area contributed by atoms with Crippen LogP contribution in [0.3, 0.4) is 0 Å². The first-order chi connectivity index (χ1) is 5.42. The second-order valence-electron chi connectivity index (χ2n) is 5.10. The Morgan fingerprint density at radius 3 is 2.08 bits per heavy atom. The molecular weight excluding hydrogens is 146 g/mol. The summed E-state index contributed by atoms with van der Waals surface area (Å²) < 4.78 is 0. The fourth-order valence-electron chi connectivity index (χ4n) is 3.08. The summed E-state index contributed by atoms with van der Waals surface area (Å²) in [6, 6.07) is 0. The summed E-state index contributed by atoms with van der Waals surface area (Å²) in [4.78, 5) is 0. The predicted octanol–water partition coefficient (Wildman–Crippen LogP) is 2.65. The molecule has 1 heteroatoms. The van der Waals surface area contributed by atoms with Gasteiger partial charge in [0.15, 0.2) is 0 Å². The molecule has 0 aromatic carbocycles. The Kier molecular flexibility index (Phi) is 2.28. The van der Waals surface area contributed by atoms with Gasteiger partial charge < -0.3 is 5.73 Å². The van der Waals surface area contributed by atoms with Gasteiger partial charge in [0, 0.05) is 0 Å². The van der Waals surface area contributed by atoms with Crippen molar-refractivity contribution in [3.63, 3.8) is 0 Å². The maximum atomic E-state index is 5.78. The van der Waals surface area contributed by atoms with Gasteiger partial charge >= 0.3 is 0 Å². The quantitative estimate of drug-likeness (QED) is 0.690. The van der Waals surface area contributed by atoms with Crippen molar-refractivity contribution in [2.75, 3.05) is 6.54 Å². The lowest BCUT2D eigenvalue weighted by molar-refractivity contribution is 0.274. The minimum absolute atomic E-state index is 0.469. The molecule has 0 heterocycles. The van der Waals surface area contributed by atoms with Gasteiger partial charge in [-0.05, 0) is 29.2 Å². The first-order valence-corrected chi connectivity index (χ1v) is 5.13. The van der Waals surface area contributed by atoms with Crippen molar-refractivity contribution in [3.05, 3.63) is 0 Å². The average molecular weight is 169 g/mol. The average Bonchev–Trinajstić information content (AvgIpc) is 2.46. The molecule has 12 heavy (non-hydrogen) atoms. The van der Waals surface area contributed by atoms with Crippen molar-refractivity contribution in [3.8, 4) is 0 Å². The molecule has 0 amide bonds. The van der Waals surface area contributed by atoms with Gasteiger partial charge in [0.05, 0.1) is 0 Å². The maximum Gasteiger partial charge on any atom is -0.00380 e. The second kappa shape index (κ2) is 2.73. The molecule has 1 rings (SSSR count). The third-order valence-corrected chi connectivity index (χ3v) is 4.77. The van der Waals surface area contributed by atoms with E-state index in [1.54, 1.807) is 0 Å². The standard InChI is InChI=1S/C11H23N/c1-6-8(2)11(5)9(7-12)10(11,3)4/h8-9H,6-7,12H2,1-5H3. The van der Waals surface area contributed by atoms with Gasteiger partial charge in [-0.3, -0.25) is 0 Å². The second-order valence-corrected chi connectivity index (χ2v) is 5.10. The van der Waals surface area contributed by atoms with E-state index in [0.29, 0.717) is 10.8 Å². The van der Waals surface area contributed by atoms with Crippen LogP contribution in [-0.4, -0.2) is 6.54 Å². The molecule has 0 saturated heterocycles. The van der Waals surface area contributed by atoms with Gasteiger partial charge in [-0.25, -0.2) is 0 Å². The number of rotatable bonds is 3. The molecule has 1 aliphatic rings. The van der Waals surface area contributed by atoms with E-state index in [1.807, 2.05) is 0 Å². The number of hydrogen-bond acceptors (Lipinski definition) is 1. The zero-order chi connectivity index (χ0) is 9.57. The monoisotopic (exact) mass is 169 g/mol. The SMILES string of the molecule is CCC(C)C1(C)C(CN)C1(C)C. The molecule has 0 aromatic rings. The molecule has 3 atom stereocenters. The summed E-state index contributed by atoms with van der Waals surface area (Å²) in [5, 5.41) is 0. The van der Waals surface area contributed by atoms with E-state index in [-0.39, 0.29) is 0 Å². The lowest BCUT2D eigenvalue weighted by Gasteiger charge is -2.22. The minimum atomic E-state index is 0.469. The maximum absolute atomic E-state index is 5.78. The Bertz CT molecular complexity index is 174. The van der Waals surface area contributed by atoms with Crippen molar-refractivity contribution in [2.45, 2.75) is 41.0 Å². The highest BCUT2D eigenvalue weighted by atomic mass is 14.8. The zero-order valence-electron chi connectivity index (χ0n) is 9.15. The van der Waals surface area contributed by atoms with Crippen LogP contribution in [0, 0.1) is 22.7 Å². The Hall–Kier alpha value is -0.0400. The highest BCUT2D eigenvalue weighted by molar-refractivity contribution is 5.16. The normalized spacial score (nSPS) is 41.0. The highest BCUT2D eigenvalue weighted by Gasteiger charge is 2.68. The van der Waals surface area contributed by atoms with Gasteiger partial charge in [0.2, 0.25) is 0 Å². The summed E-state index contributed by atoms with van der Waals surface area (Å²) in [6.45, 7) is 12.6. The first kappa shape index (κ1) is 10.0. The largest absolute Gasteiger partial charge is 0.330 e. The van der Waals surface area contributed by atoms with Gasteiger partial charge in [0.1, 0.15) is 0 Å². The summed E-state index contributed by atoms with van der Waals surface area (Å²) in [6.07, 6.45) is 1.27. The van der Waals surface area contributed by atoms with Crippen molar-refractivity contribution >= 4 is 0 Å². The topological polar surface area (TPSA) is 26.0 Å². The molecule has 1 nitrogen and oxygen atoms in total. The van der Waals surface area contributed by atoms with Gasteiger partial charge in [0.25, 0.3) is 0 Å². The lowest BCUT2D eigenvalue weighted by Crippen LogP contribution is -2.16. The fourth-order valence-corrected chi connectivity index (χ4v) is 3.08. The van der Waals surface area contributed by atoms with Gasteiger partial charge in [-0.15, -0.1) is 0 Å². The molecule has 1 aliphatic carbocycles. The molecule has 0 radical (unpaired) electrons. The van der Waals surface area contributed by atoms with Crippen LogP contribution in [-0.2, 0) is 0 Å². The Labute approximate surface area is 76.7 Å². The molecular formula is C11H23N. The summed E-state index contributed by atoms with van der Waals surface area (Å²) in [5.74, 6) is 1.54. The predicted molar refractivity (Wildman–Crippen MR) is 53.9 cm³/mol. The van der Waals surface area contributed by atoms with E-state index < -0.39 is 0 Å². The first-order valence-electron chi connectivity index (χ1n) is 5.13. The van der Waals surface area contributed by atoms with Crippen LogP contribution in [0.15, 0.2) is 0 Å². The van der Waals surface area contributed by atoms with E-state index in [9.17, 15) is 0 Å². The highest BCUT2D eigenvalue weighted by Crippen LogP contribution is 2.72. The van der Waals surface area contributed by atoms with E-state index in [4.69, 9.17) is 5.73 Å². The van der Waals surface area contributed by atoms with Crippen LogP contribution in [0.1, 0.15) is 41.0 Å². The number of nitrogens with two attached hydrogens (primary N) is 1.